The summed E-state index contributed by atoms with van der Waals surface area (Å²) in [5, 5.41) is 3.94. The second-order valence-corrected chi connectivity index (χ2v) is 5.97. The molecule has 0 bridgehead atoms. The van der Waals surface area contributed by atoms with Crippen LogP contribution in [0.1, 0.15) is 22.2 Å². The van der Waals surface area contributed by atoms with Crippen LogP contribution in [0.25, 0.3) is 0 Å². The molecule has 0 aromatic carbocycles. The van der Waals surface area contributed by atoms with Crippen molar-refractivity contribution >= 4 is 34.5 Å². The summed E-state index contributed by atoms with van der Waals surface area (Å²) >= 11 is 7.35. The third-order valence-electron chi connectivity index (χ3n) is 2.59. The number of aromatic nitrogens is 1. The molecule has 1 N–H and O–H groups in total. The van der Waals surface area contributed by atoms with Crippen LogP contribution in [-0.4, -0.2) is 10.7 Å². The van der Waals surface area contributed by atoms with Crippen LogP contribution in [0.3, 0.4) is 0 Å². The first kappa shape index (κ1) is 15.8. The van der Waals surface area contributed by atoms with E-state index in [4.69, 9.17) is 11.6 Å². The van der Waals surface area contributed by atoms with Gasteiger partial charge in [0, 0.05) is 11.1 Å². The zero-order valence-electron chi connectivity index (χ0n) is 11.1. The van der Waals surface area contributed by atoms with E-state index in [-0.39, 0.29) is 10.8 Å². The molecule has 0 aliphatic rings. The lowest BCUT2D eigenvalue weighted by Gasteiger charge is -2.08. The van der Waals surface area contributed by atoms with Crippen LogP contribution in [0.5, 0.6) is 0 Å². The standard InChI is InChI=1S/C13H11ClF3N3S/c1-7-3-4-11(21-7)8(2)19-20-12-10(14)5-9(6-18-12)13(15,16)17/h3-6H,1-2H3,(H,18,20)/b19-8-. The van der Waals surface area contributed by atoms with Crippen molar-refractivity contribution in [3.63, 3.8) is 0 Å². The van der Waals surface area contributed by atoms with E-state index >= 15 is 0 Å². The van der Waals surface area contributed by atoms with Crippen molar-refractivity contribution in [2.24, 2.45) is 5.10 Å². The fourth-order valence-electron chi connectivity index (χ4n) is 1.50. The smallest absolute Gasteiger partial charge is 0.260 e. The monoisotopic (exact) mass is 333 g/mol. The number of thiophene rings is 1. The van der Waals surface area contributed by atoms with E-state index in [1.165, 1.54) is 0 Å². The molecule has 0 amide bonds. The van der Waals surface area contributed by atoms with Gasteiger partial charge >= 0.3 is 6.18 Å². The summed E-state index contributed by atoms with van der Waals surface area (Å²) in [6, 6.07) is 4.70. The molecule has 2 aromatic heterocycles. The maximum Gasteiger partial charge on any atom is 0.417 e. The molecular formula is C13H11ClF3N3S. The molecule has 0 saturated heterocycles. The number of pyridine rings is 1. The lowest BCUT2D eigenvalue weighted by atomic mass is 10.3. The number of hydrazone groups is 1. The Morgan fingerprint density at radius 3 is 2.62 bits per heavy atom. The van der Waals surface area contributed by atoms with Gasteiger partial charge in [-0.25, -0.2) is 4.98 Å². The fourth-order valence-corrected chi connectivity index (χ4v) is 2.52. The van der Waals surface area contributed by atoms with Crippen LogP contribution in [0.15, 0.2) is 29.5 Å². The molecule has 0 atom stereocenters. The van der Waals surface area contributed by atoms with Crippen LogP contribution < -0.4 is 5.43 Å². The molecule has 0 unspecified atom stereocenters. The van der Waals surface area contributed by atoms with Gasteiger partial charge < -0.3 is 0 Å². The van der Waals surface area contributed by atoms with Crippen molar-refractivity contribution in [3.8, 4) is 0 Å². The summed E-state index contributed by atoms with van der Waals surface area (Å²) in [5.74, 6) is 0.0808. The molecule has 0 aliphatic carbocycles. The molecule has 0 spiro atoms. The van der Waals surface area contributed by atoms with E-state index in [9.17, 15) is 13.2 Å². The van der Waals surface area contributed by atoms with Gasteiger partial charge in [0.15, 0.2) is 5.82 Å². The van der Waals surface area contributed by atoms with Crippen LogP contribution in [0, 0.1) is 6.92 Å². The average molecular weight is 334 g/mol. The number of nitrogens with zero attached hydrogens (tertiary/aromatic N) is 2. The Bertz CT molecular complexity index is 680. The Kier molecular flexibility index (Phi) is 4.53. The van der Waals surface area contributed by atoms with E-state index in [0.717, 1.165) is 15.8 Å². The third kappa shape index (κ3) is 3.95. The molecule has 0 saturated carbocycles. The minimum Gasteiger partial charge on any atom is -0.260 e. The van der Waals surface area contributed by atoms with Crippen LogP contribution in [0.2, 0.25) is 5.02 Å². The predicted octanol–water partition coefficient (Wildman–Crippen LogP) is 4.96. The van der Waals surface area contributed by atoms with E-state index in [1.807, 2.05) is 19.1 Å². The number of hydrogen-bond donors (Lipinski definition) is 1. The normalized spacial score (nSPS) is 12.6. The van der Waals surface area contributed by atoms with Gasteiger partial charge in [0.05, 0.1) is 21.2 Å². The molecule has 2 heterocycles. The largest absolute Gasteiger partial charge is 0.417 e. The molecule has 0 radical (unpaired) electrons. The first-order chi connectivity index (χ1) is 9.77. The highest BCUT2D eigenvalue weighted by atomic mass is 35.5. The molecule has 0 fully saturated rings. The van der Waals surface area contributed by atoms with Crippen molar-refractivity contribution in [2.45, 2.75) is 20.0 Å². The first-order valence-corrected chi connectivity index (χ1v) is 7.06. The van der Waals surface area contributed by atoms with Crippen LogP contribution in [0.4, 0.5) is 19.0 Å². The van der Waals surface area contributed by atoms with Gasteiger partial charge in [0.1, 0.15) is 0 Å². The zero-order chi connectivity index (χ0) is 15.6. The molecule has 112 valence electrons. The molecule has 2 aromatic rings. The van der Waals surface area contributed by atoms with Gasteiger partial charge in [-0.2, -0.15) is 18.3 Å². The molecular weight excluding hydrogens is 323 g/mol. The Morgan fingerprint density at radius 1 is 1.38 bits per heavy atom. The number of hydrogen-bond acceptors (Lipinski definition) is 4. The minimum atomic E-state index is -4.47. The number of alkyl halides is 3. The molecule has 21 heavy (non-hydrogen) atoms. The predicted molar refractivity (Wildman–Crippen MR) is 79.1 cm³/mol. The van der Waals surface area contributed by atoms with Gasteiger partial charge in [0.25, 0.3) is 0 Å². The average Bonchev–Trinajstić information content (AvgIpc) is 2.82. The lowest BCUT2D eigenvalue weighted by Crippen LogP contribution is -2.07. The maximum atomic E-state index is 12.5. The van der Waals surface area contributed by atoms with Crippen LogP contribution >= 0.6 is 22.9 Å². The second-order valence-electron chi connectivity index (χ2n) is 4.27. The highest BCUT2D eigenvalue weighted by Gasteiger charge is 2.31. The number of nitrogens with one attached hydrogen (secondary N) is 1. The van der Waals surface area contributed by atoms with Crippen molar-refractivity contribution in [3.05, 3.63) is 44.7 Å². The summed E-state index contributed by atoms with van der Waals surface area (Å²) < 4.78 is 37.5. The number of rotatable bonds is 3. The minimum absolute atomic E-state index is 0.0808. The first-order valence-electron chi connectivity index (χ1n) is 5.87. The summed E-state index contributed by atoms with van der Waals surface area (Å²) in [6.07, 6.45) is -3.75. The highest BCUT2D eigenvalue weighted by molar-refractivity contribution is 7.14. The second kappa shape index (κ2) is 6.03. The topological polar surface area (TPSA) is 37.3 Å². The van der Waals surface area contributed by atoms with E-state index in [0.29, 0.717) is 11.9 Å². The SMILES string of the molecule is C/C(=N/Nc1ncc(C(F)(F)F)cc1Cl)c1ccc(C)s1. The third-order valence-corrected chi connectivity index (χ3v) is 3.99. The quantitative estimate of drug-likeness (QED) is 0.636. The molecule has 8 heteroatoms. The van der Waals surface area contributed by atoms with Gasteiger partial charge in [0.2, 0.25) is 0 Å². The summed E-state index contributed by atoms with van der Waals surface area (Å²) in [6.45, 7) is 3.76. The van der Waals surface area contributed by atoms with E-state index in [2.05, 4.69) is 15.5 Å². The van der Waals surface area contributed by atoms with Crippen molar-refractivity contribution < 1.29 is 13.2 Å². The zero-order valence-corrected chi connectivity index (χ0v) is 12.7. The maximum absolute atomic E-state index is 12.5. The van der Waals surface area contributed by atoms with Gasteiger partial charge in [-0.3, -0.25) is 5.43 Å². The number of anilines is 1. The Hall–Kier alpha value is -1.60. The highest BCUT2D eigenvalue weighted by Crippen LogP contribution is 2.32. The van der Waals surface area contributed by atoms with Gasteiger partial charge in [-0.15, -0.1) is 11.3 Å². The molecule has 0 aliphatic heterocycles. The summed E-state index contributed by atoms with van der Waals surface area (Å²) in [5.41, 5.74) is 2.39. The lowest BCUT2D eigenvalue weighted by molar-refractivity contribution is -0.137. The van der Waals surface area contributed by atoms with E-state index in [1.54, 1.807) is 18.3 Å². The fraction of sp³-hybridized carbons (Fsp3) is 0.231. The Labute approximate surface area is 128 Å². The van der Waals surface area contributed by atoms with E-state index < -0.39 is 11.7 Å². The molecule has 2 rings (SSSR count). The number of halogens is 4. The van der Waals surface area contributed by atoms with Crippen molar-refractivity contribution in [2.75, 3.05) is 5.43 Å². The summed E-state index contributed by atoms with van der Waals surface area (Å²) in [7, 11) is 0. The van der Waals surface area contributed by atoms with Crippen molar-refractivity contribution in [1.82, 2.24) is 4.98 Å². The van der Waals surface area contributed by atoms with Crippen molar-refractivity contribution in [1.29, 1.82) is 0 Å². The Morgan fingerprint density at radius 2 is 2.10 bits per heavy atom. The molecule has 3 nitrogen and oxygen atoms in total. The van der Waals surface area contributed by atoms with Gasteiger partial charge in [-0.05, 0) is 32.0 Å². The van der Waals surface area contributed by atoms with Gasteiger partial charge in [-0.1, -0.05) is 11.6 Å². The Balaban J connectivity index is 2.17. The summed E-state index contributed by atoms with van der Waals surface area (Å²) in [4.78, 5) is 5.75. The number of aryl methyl sites for hydroxylation is 1. The van der Waals surface area contributed by atoms with Crippen LogP contribution in [-0.2, 0) is 6.18 Å².